The number of nitro benzene ring substituents is 1. The second kappa shape index (κ2) is 3.58. The Kier molecular flexibility index (Phi) is 2.24. The fourth-order valence-corrected chi connectivity index (χ4v) is 1.45. The predicted molar refractivity (Wildman–Crippen MR) is 55.4 cm³/mol. The number of non-ortho nitro benzene ring substituents is 1. The van der Waals surface area contributed by atoms with Crippen LogP contribution in [0.2, 0.25) is 0 Å². The van der Waals surface area contributed by atoms with Gasteiger partial charge in [-0.1, -0.05) is 6.07 Å². The highest BCUT2D eigenvalue weighted by Gasteiger charge is 2.16. The Bertz CT molecular complexity index is 594. The fraction of sp³-hybridized carbons (Fsp3) is 0. The van der Waals surface area contributed by atoms with Crippen LogP contribution in [0.4, 0.5) is 5.69 Å². The van der Waals surface area contributed by atoms with Crippen LogP contribution in [0, 0.1) is 10.1 Å². The Morgan fingerprint density at radius 2 is 2.19 bits per heavy atom. The lowest BCUT2D eigenvalue weighted by molar-refractivity contribution is -0.384. The van der Waals surface area contributed by atoms with E-state index in [1.165, 1.54) is 12.3 Å². The molecule has 1 N–H and O–H groups in total. The van der Waals surface area contributed by atoms with Crippen molar-refractivity contribution in [3.05, 3.63) is 46.1 Å². The third kappa shape index (κ3) is 1.56. The first-order chi connectivity index (χ1) is 7.59. The number of hydrogen-bond acceptors (Lipinski definition) is 4. The van der Waals surface area contributed by atoms with Gasteiger partial charge in [-0.3, -0.25) is 15.1 Å². The molecule has 0 unspecified atom stereocenters. The highest BCUT2D eigenvalue weighted by molar-refractivity contribution is 6.03. The van der Waals surface area contributed by atoms with Crippen molar-refractivity contribution in [1.82, 2.24) is 4.98 Å². The molecule has 1 aromatic heterocycles. The molecule has 0 spiro atoms. The molecule has 0 aliphatic rings. The molecule has 6 nitrogen and oxygen atoms in total. The van der Waals surface area contributed by atoms with E-state index in [1.807, 2.05) is 0 Å². The third-order valence-electron chi connectivity index (χ3n) is 2.15. The zero-order valence-corrected chi connectivity index (χ0v) is 7.95. The number of hydrogen-bond donors (Lipinski definition) is 1. The van der Waals surface area contributed by atoms with Gasteiger partial charge in [0.05, 0.1) is 16.0 Å². The van der Waals surface area contributed by atoms with Crippen LogP contribution in [-0.4, -0.2) is 21.0 Å². The minimum absolute atomic E-state index is 0.114. The molecule has 0 aliphatic heterocycles. The monoisotopic (exact) mass is 218 g/mol. The average molecular weight is 218 g/mol. The molecular formula is C10H6N2O4. The summed E-state index contributed by atoms with van der Waals surface area (Å²) in [6.07, 6.45) is 1.46. The Hall–Kier alpha value is -2.50. The predicted octanol–water partition coefficient (Wildman–Crippen LogP) is 1.84. The molecule has 0 amide bonds. The number of fused-ring (bicyclic) bond motifs is 1. The van der Waals surface area contributed by atoms with E-state index < -0.39 is 10.9 Å². The molecule has 0 atom stereocenters. The summed E-state index contributed by atoms with van der Waals surface area (Å²) in [4.78, 5) is 24.8. The van der Waals surface area contributed by atoms with Crippen molar-refractivity contribution in [2.45, 2.75) is 0 Å². The van der Waals surface area contributed by atoms with Crippen molar-refractivity contribution in [2.24, 2.45) is 0 Å². The molecule has 1 aromatic carbocycles. The molecule has 0 fully saturated rings. The highest BCUT2D eigenvalue weighted by atomic mass is 16.6. The SMILES string of the molecule is O=C(O)c1cc([N+](=O)[O-])cc2ncccc12. The number of nitrogens with zero attached hydrogens (tertiary/aromatic N) is 2. The number of pyridine rings is 1. The van der Waals surface area contributed by atoms with E-state index in [9.17, 15) is 14.9 Å². The lowest BCUT2D eigenvalue weighted by atomic mass is 10.1. The van der Waals surface area contributed by atoms with Gasteiger partial charge in [0.1, 0.15) is 0 Å². The Morgan fingerprint density at radius 1 is 1.44 bits per heavy atom. The van der Waals surface area contributed by atoms with Gasteiger partial charge in [0, 0.05) is 23.7 Å². The van der Waals surface area contributed by atoms with Gasteiger partial charge < -0.3 is 5.11 Å². The van der Waals surface area contributed by atoms with Gasteiger partial charge in [-0.15, -0.1) is 0 Å². The summed E-state index contributed by atoms with van der Waals surface area (Å²) >= 11 is 0. The smallest absolute Gasteiger partial charge is 0.336 e. The molecule has 2 aromatic rings. The van der Waals surface area contributed by atoms with Gasteiger partial charge in [-0.2, -0.15) is 0 Å². The van der Waals surface area contributed by atoms with Gasteiger partial charge in [0.25, 0.3) is 5.69 Å². The molecule has 80 valence electrons. The van der Waals surface area contributed by atoms with Crippen LogP contribution >= 0.6 is 0 Å². The van der Waals surface area contributed by atoms with E-state index >= 15 is 0 Å². The fourth-order valence-electron chi connectivity index (χ4n) is 1.45. The van der Waals surface area contributed by atoms with E-state index in [4.69, 9.17) is 5.11 Å². The number of nitro groups is 1. The number of aromatic nitrogens is 1. The zero-order valence-electron chi connectivity index (χ0n) is 7.95. The van der Waals surface area contributed by atoms with Gasteiger partial charge in [0.15, 0.2) is 0 Å². The minimum Gasteiger partial charge on any atom is -0.478 e. The third-order valence-corrected chi connectivity index (χ3v) is 2.15. The molecule has 0 bridgehead atoms. The first-order valence-electron chi connectivity index (χ1n) is 4.36. The first kappa shape index (κ1) is 10.0. The van der Waals surface area contributed by atoms with Crippen LogP contribution < -0.4 is 0 Å². The lowest BCUT2D eigenvalue weighted by Gasteiger charge is -2.01. The number of benzene rings is 1. The van der Waals surface area contributed by atoms with E-state index in [2.05, 4.69) is 4.98 Å². The topological polar surface area (TPSA) is 93.3 Å². The number of carboxylic acid groups (broad SMARTS) is 1. The molecule has 0 aliphatic carbocycles. The van der Waals surface area contributed by atoms with Crippen molar-refractivity contribution < 1.29 is 14.8 Å². The number of carbonyl (C=O) groups is 1. The van der Waals surface area contributed by atoms with Crippen LogP contribution in [0.5, 0.6) is 0 Å². The van der Waals surface area contributed by atoms with Gasteiger partial charge in [-0.05, 0) is 6.07 Å². The van der Waals surface area contributed by atoms with E-state index in [1.54, 1.807) is 12.1 Å². The van der Waals surface area contributed by atoms with Gasteiger partial charge in [-0.25, -0.2) is 4.79 Å². The zero-order chi connectivity index (χ0) is 11.7. The molecule has 2 rings (SSSR count). The molecule has 16 heavy (non-hydrogen) atoms. The molecule has 0 saturated carbocycles. The second-order valence-electron chi connectivity index (χ2n) is 3.13. The molecule has 0 saturated heterocycles. The largest absolute Gasteiger partial charge is 0.478 e. The van der Waals surface area contributed by atoms with E-state index in [0.717, 1.165) is 6.07 Å². The van der Waals surface area contributed by atoms with Crippen molar-refractivity contribution in [3.63, 3.8) is 0 Å². The summed E-state index contributed by atoms with van der Waals surface area (Å²) < 4.78 is 0. The number of carboxylic acids is 1. The van der Waals surface area contributed by atoms with Crippen LogP contribution in [-0.2, 0) is 0 Å². The maximum absolute atomic E-state index is 10.9. The van der Waals surface area contributed by atoms with Crippen LogP contribution in [0.3, 0.4) is 0 Å². The average Bonchev–Trinajstić information content (AvgIpc) is 2.27. The van der Waals surface area contributed by atoms with Gasteiger partial charge >= 0.3 is 5.97 Å². The maximum atomic E-state index is 10.9. The molecule has 0 radical (unpaired) electrons. The highest BCUT2D eigenvalue weighted by Crippen LogP contribution is 2.23. The standard InChI is InChI=1S/C10H6N2O4/c13-10(14)8-4-6(12(15)16)5-9-7(8)2-1-3-11-9/h1-5H,(H,13,14). The first-order valence-corrected chi connectivity index (χ1v) is 4.36. The quantitative estimate of drug-likeness (QED) is 0.613. The molecular weight excluding hydrogens is 212 g/mol. The summed E-state index contributed by atoms with van der Waals surface area (Å²) in [5, 5.41) is 19.9. The number of rotatable bonds is 2. The van der Waals surface area contributed by atoms with E-state index in [-0.39, 0.29) is 11.3 Å². The van der Waals surface area contributed by atoms with Gasteiger partial charge in [0.2, 0.25) is 0 Å². The normalized spacial score (nSPS) is 10.2. The Labute approximate surface area is 89.3 Å². The van der Waals surface area contributed by atoms with Crippen LogP contribution in [0.15, 0.2) is 30.5 Å². The van der Waals surface area contributed by atoms with Crippen molar-refractivity contribution in [3.8, 4) is 0 Å². The summed E-state index contributed by atoms with van der Waals surface area (Å²) in [5.74, 6) is -1.21. The van der Waals surface area contributed by atoms with Crippen molar-refractivity contribution >= 4 is 22.6 Å². The Morgan fingerprint density at radius 3 is 2.81 bits per heavy atom. The Balaban J connectivity index is 2.84. The second-order valence-corrected chi connectivity index (χ2v) is 3.13. The van der Waals surface area contributed by atoms with Crippen LogP contribution in [0.25, 0.3) is 10.9 Å². The maximum Gasteiger partial charge on any atom is 0.336 e. The summed E-state index contributed by atoms with van der Waals surface area (Å²) in [6.45, 7) is 0. The molecule has 1 heterocycles. The van der Waals surface area contributed by atoms with E-state index in [0.29, 0.717) is 10.9 Å². The minimum atomic E-state index is -1.21. The summed E-state index contributed by atoms with van der Waals surface area (Å²) in [5.41, 5.74) is -0.0880. The molecule has 6 heteroatoms. The summed E-state index contributed by atoms with van der Waals surface area (Å²) in [6, 6.07) is 5.43. The number of aromatic carboxylic acids is 1. The lowest BCUT2D eigenvalue weighted by Crippen LogP contribution is -2.00. The van der Waals surface area contributed by atoms with Crippen LogP contribution in [0.1, 0.15) is 10.4 Å². The van der Waals surface area contributed by atoms with Crippen molar-refractivity contribution in [1.29, 1.82) is 0 Å². The summed E-state index contributed by atoms with van der Waals surface area (Å²) in [7, 11) is 0. The van der Waals surface area contributed by atoms with Crippen molar-refractivity contribution in [2.75, 3.05) is 0 Å².